The second-order valence-electron chi connectivity index (χ2n) is 19.8. The number of piperidine rings is 1. The van der Waals surface area contributed by atoms with Crippen molar-refractivity contribution < 1.29 is 58.2 Å². The molecular formula is C52H87NO12. The molecule has 2 aliphatic heterocycles. The number of nitrogens with zero attached hydrogens (tertiary/aromatic N) is 1. The molecule has 13 heteroatoms. The third-order valence-corrected chi connectivity index (χ3v) is 14.4. The van der Waals surface area contributed by atoms with Crippen molar-refractivity contribution in [3.05, 3.63) is 36.0 Å². The van der Waals surface area contributed by atoms with E-state index in [1.807, 2.05) is 32.9 Å². The van der Waals surface area contributed by atoms with Crippen LogP contribution in [0.25, 0.3) is 0 Å². The van der Waals surface area contributed by atoms with Gasteiger partial charge in [0.05, 0.1) is 30.5 Å². The average molecular weight is 918 g/mol. The van der Waals surface area contributed by atoms with Crippen molar-refractivity contribution in [2.45, 2.75) is 212 Å². The molecule has 1 aliphatic carbocycles. The van der Waals surface area contributed by atoms with Crippen LogP contribution in [0.4, 0.5) is 0 Å². The van der Waals surface area contributed by atoms with Crippen molar-refractivity contribution in [3.63, 3.8) is 0 Å². The highest BCUT2D eigenvalue weighted by atomic mass is 16.7. The van der Waals surface area contributed by atoms with Gasteiger partial charge in [-0.05, 0) is 109 Å². The molecule has 3 aliphatic rings. The quantitative estimate of drug-likeness (QED) is 0.0314. The number of amides is 1. The molecule has 0 aromatic heterocycles. The van der Waals surface area contributed by atoms with Gasteiger partial charge in [-0.15, -0.1) is 6.58 Å². The van der Waals surface area contributed by atoms with Crippen molar-refractivity contribution in [2.24, 2.45) is 29.6 Å². The number of carbonyl (C=O) groups is 4. The standard InChI is InChI=1S/C52H87NO12/c1-12-14-15-16-17-22-47(56)64-43-24-23-39(31-44(43)61-9)29-35(5)48(57)38(8)41(54)32-42(55)40(20-13-2)27-33(3)26-34(4)28-45(62-10)49-46(63-11)30-36(6)52(60,65-49)50(58)51(59)53-25-19-18-21-37(53)7/h13,27,29,34,36-41,43-46,48-49,54,57,60H,2,12,14-26,28,30-32H2,1,3-11H3/b33-27+,35-29+/t34-,36+,37?,38+,39-,40+,41-,43+,44+,45-,46-,48+,49+,52+/m0/s1. The molecule has 0 radical (unpaired) electrons. The van der Waals surface area contributed by atoms with E-state index in [1.54, 1.807) is 46.2 Å². The highest BCUT2D eigenvalue weighted by Crippen LogP contribution is 2.39. The molecule has 2 heterocycles. The monoisotopic (exact) mass is 918 g/mol. The van der Waals surface area contributed by atoms with Gasteiger partial charge in [-0.2, -0.15) is 0 Å². The molecular weight excluding hydrogens is 831 g/mol. The summed E-state index contributed by atoms with van der Waals surface area (Å²) < 4.78 is 29.5. The summed E-state index contributed by atoms with van der Waals surface area (Å²) >= 11 is 0. The lowest BCUT2D eigenvalue weighted by molar-refractivity contribution is -0.302. The molecule has 13 nitrogen and oxygen atoms in total. The number of esters is 1. The van der Waals surface area contributed by atoms with Crippen LogP contribution in [0.15, 0.2) is 36.0 Å². The van der Waals surface area contributed by atoms with Gasteiger partial charge in [0, 0.05) is 64.5 Å². The number of ketones is 2. The summed E-state index contributed by atoms with van der Waals surface area (Å²) in [6.45, 7) is 17.7. The number of hydrogen-bond acceptors (Lipinski definition) is 12. The number of carbonyl (C=O) groups excluding carboxylic acids is 4. The van der Waals surface area contributed by atoms with Gasteiger partial charge in [0.1, 0.15) is 18.0 Å². The maximum Gasteiger partial charge on any atom is 0.306 e. The number of allylic oxidation sites excluding steroid dienone is 4. The number of aliphatic hydroxyl groups is 3. The maximum absolute atomic E-state index is 13.7. The van der Waals surface area contributed by atoms with Gasteiger partial charge in [0.15, 0.2) is 0 Å². The zero-order chi connectivity index (χ0) is 48.4. The molecule has 2 saturated heterocycles. The first-order valence-corrected chi connectivity index (χ1v) is 24.7. The lowest BCUT2D eigenvalue weighted by Gasteiger charge is -2.47. The van der Waals surface area contributed by atoms with Gasteiger partial charge in [0.2, 0.25) is 5.79 Å². The predicted molar refractivity (Wildman–Crippen MR) is 252 cm³/mol. The number of rotatable bonds is 27. The lowest BCUT2D eigenvalue weighted by Crippen LogP contribution is -2.64. The van der Waals surface area contributed by atoms with Crippen molar-refractivity contribution in [1.82, 2.24) is 4.90 Å². The van der Waals surface area contributed by atoms with Crippen LogP contribution in [0.3, 0.4) is 0 Å². The van der Waals surface area contributed by atoms with Crippen molar-refractivity contribution in [2.75, 3.05) is 27.9 Å². The fourth-order valence-corrected chi connectivity index (χ4v) is 10.2. The SMILES string of the molecule is C=CC[C@H](/C=C(\C)C[C@H](C)C[C@H](OC)[C@H]1O[C@@](O)(C(=O)C(=O)N2CCCCC2C)[C@H](C)C[C@@H]1OC)C(=O)C[C@H](O)[C@@H](C)[C@H](O)/C(C)=C/[C@@H]1CC[C@@H](OC(=O)CCCCCCC)[C@H](OC)C1. The fraction of sp³-hybridized carbons (Fsp3) is 0.808. The molecule has 65 heavy (non-hydrogen) atoms. The van der Waals surface area contributed by atoms with Gasteiger partial charge in [-0.1, -0.05) is 77.2 Å². The Balaban J connectivity index is 1.59. The van der Waals surface area contributed by atoms with Gasteiger partial charge in [0.25, 0.3) is 11.7 Å². The smallest absolute Gasteiger partial charge is 0.306 e. The summed E-state index contributed by atoms with van der Waals surface area (Å²) in [7, 11) is 4.74. The Morgan fingerprint density at radius 2 is 1.60 bits per heavy atom. The summed E-state index contributed by atoms with van der Waals surface area (Å²) in [6.07, 6.45) is 13.2. The Morgan fingerprint density at radius 1 is 0.908 bits per heavy atom. The molecule has 1 unspecified atom stereocenters. The topological polar surface area (TPSA) is 178 Å². The number of aliphatic hydroxyl groups excluding tert-OH is 2. The molecule has 1 saturated carbocycles. The van der Waals surface area contributed by atoms with E-state index in [0.29, 0.717) is 45.1 Å². The third-order valence-electron chi connectivity index (χ3n) is 14.4. The minimum Gasteiger partial charge on any atom is -0.460 e. The summed E-state index contributed by atoms with van der Waals surface area (Å²) in [5, 5.41) is 34.4. The van der Waals surface area contributed by atoms with E-state index in [0.717, 1.165) is 62.5 Å². The van der Waals surface area contributed by atoms with Crippen molar-refractivity contribution in [3.8, 4) is 0 Å². The molecule has 372 valence electrons. The Morgan fingerprint density at radius 3 is 2.23 bits per heavy atom. The zero-order valence-corrected chi connectivity index (χ0v) is 41.6. The Labute approximate surface area is 391 Å². The van der Waals surface area contributed by atoms with E-state index in [1.165, 1.54) is 6.42 Å². The number of hydrogen-bond donors (Lipinski definition) is 3. The Hall–Kier alpha value is -2.78. The summed E-state index contributed by atoms with van der Waals surface area (Å²) in [6, 6.07) is -0.100. The van der Waals surface area contributed by atoms with E-state index in [9.17, 15) is 34.5 Å². The van der Waals surface area contributed by atoms with Crippen molar-refractivity contribution >= 4 is 23.4 Å². The second-order valence-corrected chi connectivity index (χ2v) is 19.8. The normalized spacial score (nSPS) is 29.6. The number of likely N-dealkylation sites (tertiary alicyclic amines) is 1. The maximum atomic E-state index is 13.7. The fourth-order valence-electron chi connectivity index (χ4n) is 10.2. The predicted octanol–water partition coefficient (Wildman–Crippen LogP) is 8.01. The van der Waals surface area contributed by atoms with Crippen LogP contribution >= 0.6 is 0 Å². The molecule has 0 spiro atoms. The van der Waals surface area contributed by atoms with Crippen LogP contribution in [0, 0.1) is 29.6 Å². The summed E-state index contributed by atoms with van der Waals surface area (Å²) in [5.74, 6) is -6.05. The highest BCUT2D eigenvalue weighted by Gasteiger charge is 2.56. The van der Waals surface area contributed by atoms with Crippen LogP contribution in [-0.2, 0) is 42.9 Å². The van der Waals surface area contributed by atoms with E-state index < -0.39 is 65.8 Å². The third kappa shape index (κ3) is 16.5. The van der Waals surface area contributed by atoms with Gasteiger partial charge in [-0.25, -0.2) is 0 Å². The number of Topliss-reactive ketones (excluding diaryl/α,β-unsaturated/α-hetero) is 2. The molecule has 3 N–H and O–H groups in total. The van der Waals surface area contributed by atoms with Crippen molar-refractivity contribution in [1.29, 1.82) is 0 Å². The molecule has 3 fully saturated rings. The Bertz CT molecular complexity index is 1580. The van der Waals surface area contributed by atoms with E-state index >= 15 is 0 Å². The van der Waals surface area contributed by atoms with E-state index in [-0.39, 0.29) is 54.7 Å². The van der Waals surface area contributed by atoms with Gasteiger partial charge in [-0.3, -0.25) is 19.2 Å². The van der Waals surface area contributed by atoms with Crippen LogP contribution < -0.4 is 0 Å². The molecule has 14 atom stereocenters. The lowest BCUT2D eigenvalue weighted by atomic mass is 9.81. The molecule has 0 aromatic carbocycles. The van der Waals surface area contributed by atoms with Crippen LogP contribution in [-0.4, -0.2) is 126 Å². The van der Waals surface area contributed by atoms with E-state index in [2.05, 4.69) is 20.4 Å². The number of ether oxygens (including phenoxy) is 5. The first kappa shape index (κ1) is 56.5. The van der Waals surface area contributed by atoms with Gasteiger partial charge < -0.3 is 43.9 Å². The summed E-state index contributed by atoms with van der Waals surface area (Å²) in [4.78, 5) is 55.0. The molecule has 1 amide bonds. The minimum atomic E-state index is -2.33. The Kier molecular flexibility index (Phi) is 24.3. The minimum absolute atomic E-state index is 0.0145. The van der Waals surface area contributed by atoms with Crippen LogP contribution in [0.5, 0.6) is 0 Å². The highest BCUT2D eigenvalue weighted by molar-refractivity contribution is 6.38. The number of methoxy groups -OCH3 is 3. The largest absolute Gasteiger partial charge is 0.460 e. The molecule has 0 aromatic rings. The first-order chi connectivity index (χ1) is 30.8. The van der Waals surface area contributed by atoms with Crippen LogP contribution in [0.1, 0.15) is 158 Å². The first-order valence-electron chi connectivity index (χ1n) is 24.7. The molecule has 0 bridgehead atoms. The second kappa shape index (κ2) is 27.9. The average Bonchev–Trinajstić information content (AvgIpc) is 3.28. The number of unbranched alkanes of at least 4 members (excludes halogenated alkanes) is 4. The zero-order valence-electron chi connectivity index (χ0n) is 41.6. The van der Waals surface area contributed by atoms with Gasteiger partial charge >= 0.3 is 5.97 Å². The summed E-state index contributed by atoms with van der Waals surface area (Å²) in [5.41, 5.74) is 1.68. The molecule has 3 rings (SSSR count). The van der Waals surface area contributed by atoms with E-state index in [4.69, 9.17) is 23.7 Å². The van der Waals surface area contributed by atoms with Crippen LogP contribution in [0.2, 0.25) is 0 Å².